The van der Waals surface area contributed by atoms with Gasteiger partial charge in [-0.25, -0.2) is 0 Å². The number of rotatable bonds is 3. The Labute approximate surface area is 153 Å². The quantitative estimate of drug-likeness (QED) is 0.748. The third-order valence-corrected chi connectivity index (χ3v) is 4.77. The molecule has 130 valence electrons. The van der Waals surface area contributed by atoms with Crippen molar-refractivity contribution in [2.24, 2.45) is 0 Å². The number of carbonyl (C=O) groups is 1. The van der Waals surface area contributed by atoms with Crippen molar-refractivity contribution in [3.05, 3.63) is 83.7 Å². The van der Waals surface area contributed by atoms with E-state index in [1.165, 1.54) is 11.3 Å². The van der Waals surface area contributed by atoms with E-state index in [4.69, 9.17) is 0 Å². The van der Waals surface area contributed by atoms with Crippen LogP contribution in [0, 0.1) is 6.92 Å². The van der Waals surface area contributed by atoms with Gasteiger partial charge in [0.1, 0.15) is 5.69 Å². The van der Waals surface area contributed by atoms with Crippen molar-refractivity contribution >= 4 is 23.0 Å². The zero-order chi connectivity index (χ0) is 18.1. The van der Waals surface area contributed by atoms with E-state index in [0.717, 1.165) is 23.4 Å². The zero-order valence-electron chi connectivity index (χ0n) is 14.9. The largest absolute Gasteiger partial charge is 0.338 e. The number of para-hydroxylation sites is 1. The Balaban J connectivity index is 1.61. The van der Waals surface area contributed by atoms with Gasteiger partial charge in [0.05, 0.1) is 0 Å². The predicted octanol–water partition coefficient (Wildman–Crippen LogP) is 4.73. The highest BCUT2D eigenvalue weighted by Gasteiger charge is 2.27. The number of pyridine rings is 1. The molecule has 4 heteroatoms. The molecule has 0 saturated heterocycles. The van der Waals surface area contributed by atoms with Crippen LogP contribution >= 0.6 is 0 Å². The second kappa shape index (κ2) is 6.64. The summed E-state index contributed by atoms with van der Waals surface area (Å²) in [6.07, 6.45) is 2.70. The number of aromatic nitrogens is 1. The molecular weight excluding hydrogens is 322 g/mol. The molecule has 0 bridgehead atoms. The normalized spacial score (nSPS) is 15.6. The van der Waals surface area contributed by atoms with Crippen LogP contribution in [0.4, 0.5) is 17.1 Å². The first-order chi connectivity index (χ1) is 12.6. The fraction of sp³-hybridized carbons (Fsp3) is 0.182. The van der Waals surface area contributed by atoms with Gasteiger partial charge in [-0.3, -0.25) is 9.78 Å². The first-order valence-electron chi connectivity index (χ1n) is 8.83. The number of nitrogens with one attached hydrogen (secondary N) is 1. The number of benzene rings is 2. The summed E-state index contributed by atoms with van der Waals surface area (Å²) < 4.78 is 0. The van der Waals surface area contributed by atoms with Crippen molar-refractivity contribution in [3.8, 4) is 0 Å². The van der Waals surface area contributed by atoms with Gasteiger partial charge in [0.15, 0.2) is 0 Å². The summed E-state index contributed by atoms with van der Waals surface area (Å²) in [7, 11) is 0. The van der Waals surface area contributed by atoms with Gasteiger partial charge in [-0.1, -0.05) is 35.9 Å². The Morgan fingerprint density at radius 1 is 1.12 bits per heavy atom. The van der Waals surface area contributed by atoms with Crippen molar-refractivity contribution in [1.29, 1.82) is 0 Å². The highest BCUT2D eigenvalue weighted by molar-refractivity contribution is 6.03. The summed E-state index contributed by atoms with van der Waals surface area (Å²) in [5, 5.41) is 2.91. The van der Waals surface area contributed by atoms with Gasteiger partial charge in [0.2, 0.25) is 0 Å². The fourth-order valence-corrected chi connectivity index (χ4v) is 3.48. The fourth-order valence-electron chi connectivity index (χ4n) is 3.48. The standard InChI is InChI=1S/C22H21N3O/c1-15-7-9-18(10-8-15)24-22(26)20-14-19(11-12-23-20)25-16(2)13-17-5-3-4-6-21(17)25/h3-12,14,16H,13H2,1-2H3,(H,24,26). The third-order valence-electron chi connectivity index (χ3n) is 4.77. The van der Waals surface area contributed by atoms with E-state index in [-0.39, 0.29) is 5.91 Å². The van der Waals surface area contributed by atoms with Crippen molar-refractivity contribution in [2.45, 2.75) is 26.3 Å². The maximum Gasteiger partial charge on any atom is 0.274 e. The average Bonchev–Trinajstić information content (AvgIpc) is 2.99. The number of hydrogen-bond acceptors (Lipinski definition) is 3. The van der Waals surface area contributed by atoms with Gasteiger partial charge < -0.3 is 10.2 Å². The van der Waals surface area contributed by atoms with Crippen LogP contribution in [0.3, 0.4) is 0 Å². The molecule has 1 aromatic heterocycles. The molecule has 1 aliphatic rings. The van der Waals surface area contributed by atoms with E-state index in [9.17, 15) is 4.79 Å². The second-order valence-electron chi connectivity index (χ2n) is 6.77. The van der Waals surface area contributed by atoms with E-state index < -0.39 is 0 Å². The molecule has 4 nitrogen and oxygen atoms in total. The third kappa shape index (κ3) is 3.06. The van der Waals surface area contributed by atoms with Crippen LogP contribution in [0.5, 0.6) is 0 Å². The van der Waals surface area contributed by atoms with E-state index in [1.807, 2.05) is 43.3 Å². The van der Waals surface area contributed by atoms with Crippen LogP contribution < -0.4 is 10.2 Å². The molecule has 1 amide bonds. The van der Waals surface area contributed by atoms with Crippen molar-refractivity contribution in [3.63, 3.8) is 0 Å². The molecule has 2 heterocycles. The van der Waals surface area contributed by atoms with E-state index in [0.29, 0.717) is 11.7 Å². The molecule has 1 atom stereocenters. The molecule has 0 aliphatic carbocycles. The number of anilines is 3. The predicted molar refractivity (Wildman–Crippen MR) is 105 cm³/mol. The Hall–Kier alpha value is -3.14. The van der Waals surface area contributed by atoms with Crippen LogP contribution in [0.2, 0.25) is 0 Å². The van der Waals surface area contributed by atoms with E-state index in [1.54, 1.807) is 6.20 Å². The molecule has 1 N–H and O–H groups in total. The summed E-state index contributed by atoms with van der Waals surface area (Å²) in [5.74, 6) is -0.198. The molecule has 0 saturated carbocycles. The van der Waals surface area contributed by atoms with E-state index >= 15 is 0 Å². The molecular formula is C22H21N3O. The summed E-state index contributed by atoms with van der Waals surface area (Å²) in [4.78, 5) is 19.1. The summed E-state index contributed by atoms with van der Waals surface area (Å²) in [5.41, 5.74) is 5.88. The Bertz CT molecular complexity index is 950. The lowest BCUT2D eigenvalue weighted by molar-refractivity contribution is 0.102. The summed E-state index contributed by atoms with van der Waals surface area (Å²) in [6, 6.07) is 20.3. The minimum atomic E-state index is -0.198. The Kier molecular flexibility index (Phi) is 4.17. The number of aryl methyl sites for hydroxylation is 1. The van der Waals surface area contributed by atoms with Gasteiger partial charge >= 0.3 is 0 Å². The highest BCUT2D eigenvalue weighted by atomic mass is 16.1. The molecule has 0 radical (unpaired) electrons. The Morgan fingerprint density at radius 3 is 2.69 bits per heavy atom. The number of fused-ring (bicyclic) bond motifs is 1. The van der Waals surface area contributed by atoms with Crippen LogP contribution in [0.25, 0.3) is 0 Å². The lowest BCUT2D eigenvalue weighted by Gasteiger charge is -2.25. The first kappa shape index (κ1) is 16.3. The molecule has 0 fully saturated rings. The van der Waals surface area contributed by atoms with Gasteiger partial charge in [-0.05, 0) is 56.2 Å². The average molecular weight is 343 g/mol. The zero-order valence-corrected chi connectivity index (χ0v) is 14.9. The Morgan fingerprint density at radius 2 is 1.88 bits per heavy atom. The number of nitrogens with zero attached hydrogens (tertiary/aromatic N) is 2. The first-order valence-corrected chi connectivity index (χ1v) is 8.83. The van der Waals surface area contributed by atoms with Crippen molar-refractivity contribution in [1.82, 2.24) is 4.98 Å². The molecule has 1 unspecified atom stereocenters. The minimum absolute atomic E-state index is 0.198. The molecule has 2 aromatic carbocycles. The van der Waals surface area contributed by atoms with Gasteiger partial charge in [-0.15, -0.1) is 0 Å². The number of hydrogen-bond donors (Lipinski definition) is 1. The molecule has 0 spiro atoms. The molecule has 3 aromatic rings. The molecule has 26 heavy (non-hydrogen) atoms. The van der Waals surface area contributed by atoms with Crippen LogP contribution in [-0.4, -0.2) is 16.9 Å². The van der Waals surface area contributed by atoms with E-state index in [2.05, 4.69) is 46.4 Å². The van der Waals surface area contributed by atoms with Gasteiger partial charge in [0, 0.05) is 29.3 Å². The van der Waals surface area contributed by atoms with Crippen molar-refractivity contribution < 1.29 is 4.79 Å². The number of amides is 1. The number of carbonyl (C=O) groups excluding carboxylic acids is 1. The monoisotopic (exact) mass is 343 g/mol. The minimum Gasteiger partial charge on any atom is -0.338 e. The smallest absolute Gasteiger partial charge is 0.274 e. The topological polar surface area (TPSA) is 45.2 Å². The maximum atomic E-state index is 12.6. The highest BCUT2D eigenvalue weighted by Crippen LogP contribution is 2.38. The molecule has 1 aliphatic heterocycles. The summed E-state index contributed by atoms with van der Waals surface area (Å²) >= 11 is 0. The second-order valence-corrected chi connectivity index (χ2v) is 6.77. The lowest BCUT2D eigenvalue weighted by atomic mass is 10.1. The van der Waals surface area contributed by atoms with Gasteiger partial charge in [-0.2, -0.15) is 0 Å². The van der Waals surface area contributed by atoms with Crippen molar-refractivity contribution in [2.75, 3.05) is 10.2 Å². The summed E-state index contributed by atoms with van der Waals surface area (Å²) in [6.45, 7) is 4.22. The van der Waals surface area contributed by atoms with Gasteiger partial charge in [0.25, 0.3) is 5.91 Å². The maximum absolute atomic E-state index is 12.6. The van der Waals surface area contributed by atoms with Crippen LogP contribution in [0.15, 0.2) is 66.9 Å². The molecule has 4 rings (SSSR count). The van der Waals surface area contributed by atoms with Crippen LogP contribution in [0.1, 0.15) is 28.5 Å². The lowest BCUT2D eigenvalue weighted by Crippen LogP contribution is -2.24. The SMILES string of the molecule is Cc1ccc(NC(=O)c2cc(N3c4ccccc4CC3C)ccn2)cc1. The van der Waals surface area contributed by atoms with Crippen LogP contribution in [-0.2, 0) is 6.42 Å².